The van der Waals surface area contributed by atoms with Gasteiger partial charge in [-0.05, 0) is 52.9 Å². The normalized spacial score (nSPS) is 29.6. The van der Waals surface area contributed by atoms with Crippen molar-refractivity contribution in [2.45, 2.75) is 18.9 Å². The molecule has 0 aromatic heterocycles. The fraction of sp³-hybridized carbons (Fsp3) is 0.500. The third-order valence-electron chi connectivity index (χ3n) is 4.39. The maximum Gasteiger partial charge on any atom is 0.104 e. The summed E-state index contributed by atoms with van der Waals surface area (Å²) in [5.74, 6) is 1.07. The van der Waals surface area contributed by atoms with Crippen molar-refractivity contribution < 1.29 is 5.11 Å². The zero-order chi connectivity index (χ0) is 13.6. The minimum atomic E-state index is -0.121. The van der Waals surface area contributed by atoms with Crippen LogP contribution in [0.3, 0.4) is 0 Å². The number of benzene rings is 1. The summed E-state index contributed by atoms with van der Waals surface area (Å²) in [6.45, 7) is 1.98. The van der Waals surface area contributed by atoms with Gasteiger partial charge in [0.05, 0.1) is 11.8 Å². The van der Waals surface area contributed by atoms with Crippen molar-refractivity contribution in [1.29, 1.82) is 0 Å². The zero-order valence-corrected chi connectivity index (χ0v) is 13.0. The highest BCUT2D eigenvalue weighted by Gasteiger charge is 2.42. The number of nitrogens with zero attached hydrogens (tertiary/aromatic N) is 1. The second-order valence-corrected chi connectivity index (χ2v) is 6.80. The van der Waals surface area contributed by atoms with E-state index >= 15 is 0 Å². The molecule has 3 N–H and O–H groups in total. The van der Waals surface area contributed by atoms with Crippen LogP contribution in [0, 0.1) is 11.8 Å². The van der Waals surface area contributed by atoms with Gasteiger partial charge in [0.25, 0.3) is 0 Å². The second kappa shape index (κ2) is 5.04. The molecule has 3 rings (SSSR count). The van der Waals surface area contributed by atoms with Crippen LogP contribution in [0.25, 0.3) is 0 Å². The Morgan fingerprint density at radius 2 is 2.16 bits per heavy atom. The average Bonchev–Trinajstić information content (AvgIpc) is 2.92. The molecule has 2 fully saturated rings. The van der Waals surface area contributed by atoms with Crippen molar-refractivity contribution in [1.82, 2.24) is 0 Å². The molecule has 3 atom stereocenters. The number of aliphatic hydroxyl groups is 1. The van der Waals surface area contributed by atoms with Crippen molar-refractivity contribution in [2.24, 2.45) is 17.6 Å². The molecule has 0 radical (unpaired) electrons. The fourth-order valence-electron chi connectivity index (χ4n) is 3.35. The first kappa shape index (κ1) is 13.3. The average molecular weight is 341 g/mol. The van der Waals surface area contributed by atoms with E-state index in [-0.39, 0.29) is 6.10 Å². The van der Waals surface area contributed by atoms with E-state index in [4.69, 9.17) is 18.0 Å². The third kappa shape index (κ3) is 2.39. The van der Waals surface area contributed by atoms with E-state index < -0.39 is 0 Å². The Labute approximate surface area is 126 Å². The van der Waals surface area contributed by atoms with Gasteiger partial charge in [0.15, 0.2) is 0 Å². The summed E-state index contributed by atoms with van der Waals surface area (Å²) in [5, 5.41) is 9.98. The molecular weight excluding hydrogens is 324 g/mol. The predicted octanol–water partition coefficient (Wildman–Crippen LogP) is 2.29. The number of hydrogen-bond donors (Lipinski definition) is 2. The van der Waals surface area contributed by atoms with Gasteiger partial charge < -0.3 is 15.7 Å². The number of nitrogens with two attached hydrogens (primary N) is 1. The van der Waals surface area contributed by atoms with Gasteiger partial charge >= 0.3 is 0 Å². The van der Waals surface area contributed by atoms with Gasteiger partial charge in [0, 0.05) is 29.0 Å². The van der Waals surface area contributed by atoms with Crippen LogP contribution in [0.4, 0.5) is 5.69 Å². The molecule has 1 aromatic rings. The summed E-state index contributed by atoms with van der Waals surface area (Å²) in [5.41, 5.74) is 7.69. The smallest absolute Gasteiger partial charge is 0.104 e. The van der Waals surface area contributed by atoms with E-state index in [9.17, 15) is 5.11 Å². The lowest BCUT2D eigenvalue weighted by molar-refractivity contribution is 0.133. The van der Waals surface area contributed by atoms with Crippen LogP contribution in [-0.2, 0) is 0 Å². The van der Waals surface area contributed by atoms with Crippen molar-refractivity contribution in [3.8, 4) is 0 Å². The molecule has 1 aliphatic heterocycles. The number of fused-ring (bicyclic) bond motifs is 1. The van der Waals surface area contributed by atoms with Crippen LogP contribution in [0.5, 0.6) is 0 Å². The largest absolute Gasteiger partial charge is 0.393 e. The Bertz CT molecular complexity index is 522. The topological polar surface area (TPSA) is 49.5 Å². The zero-order valence-electron chi connectivity index (χ0n) is 10.6. The van der Waals surface area contributed by atoms with E-state index in [1.165, 1.54) is 5.69 Å². The van der Waals surface area contributed by atoms with Crippen molar-refractivity contribution >= 4 is 38.8 Å². The number of thiocarbonyl (C=S) groups is 1. The molecule has 102 valence electrons. The Morgan fingerprint density at radius 3 is 2.79 bits per heavy atom. The van der Waals surface area contributed by atoms with Crippen LogP contribution in [0.15, 0.2) is 22.7 Å². The highest BCUT2D eigenvalue weighted by atomic mass is 79.9. The van der Waals surface area contributed by atoms with Gasteiger partial charge in [0.1, 0.15) is 4.99 Å². The van der Waals surface area contributed by atoms with Gasteiger partial charge in [-0.3, -0.25) is 0 Å². The summed E-state index contributed by atoms with van der Waals surface area (Å²) < 4.78 is 1.02. The van der Waals surface area contributed by atoms with Gasteiger partial charge in [0.2, 0.25) is 0 Å². The molecule has 0 amide bonds. The molecule has 0 bridgehead atoms. The summed E-state index contributed by atoms with van der Waals surface area (Å²) in [6.07, 6.45) is 1.99. The van der Waals surface area contributed by atoms with Crippen LogP contribution in [0.2, 0.25) is 0 Å². The Balaban J connectivity index is 1.82. The monoisotopic (exact) mass is 340 g/mol. The van der Waals surface area contributed by atoms with E-state index in [1.54, 1.807) is 0 Å². The SMILES string of the molecule is NC(=S)c1ccc(N2CC3CCC(O)C3C2)c(Br)c1. The minimum absolute atomic E-state index is 0.121. The van der Waals surface area contributed by atoms with Crippen LogP contribution >= 0.6 is 28.1 Å². The Hall–Kier alpha value is -0.650. The van der Waals surface area contributed by atoms with Gasteiger partial charge in [-0.2, -0.15) is 0 Å². The molecule has 19 heavy (non-hydrogen) atoms. The fourth-order valence-corrected chi connectivity index (χ4v) is 4.11. The minimum Gasteiger partial charge on any atom is -0.393 e. The first-order chi connectivity index (χ1) is 9.06. The van der Waals surface area contributed by atoms with Gasteiger partial charge in [-0.15, -0.1) is 0 Å². The summed E-state index contributed by atoms with van der Waals surface area (Å²) in [7, 11) is 0. The van der Waals surface area contributed by atoms with E-state index in [2.05, 4.69) is 26.9 Å². The van der Waals surface area contributed by atoms with Crippen LogP contribution in [-0.4, -0.2) is 29.3 Å². The van der Waals surface area contributed by atoms with Crippen molar-refractivity contribution in [3.63, 3.8) is 0 Å². The van der Waals surface area contributed by atoms with Crippen LogP contribution < -0.4 is 10.6 Å². The standard InChI is InChI=1S/C14H17BrN2OS/c15-11-5-8(14(16)19)1-3-12(11)17-6-9-2-4-13(18)10(9)7-17/h1,3,5,9-10,13,18H,2,4,6-7H2,(H2,16,19). The van der Waals surface area contributed by atoms with Gasteiger partial charge in [-0.1, -0.05) is 12.2 Å². The first-order valence-electron chi connectivity index (χ1n) is 6.58. The summed E-state index contributed by atoms with van der Waals surface area (Å²) >= 11 is 8.59. The number of rotatable bonds is 2. The molecule has 3 unspecified atom stereocenters. The Morgan fingerprint density at radius 1 is 1.37 bits per heavy atom. The number of hydrogen-bond acceptors (Lipinski definition) is 3. The lowest BCUT2D eigenvalue weighted by atomic mass is 10.00. The maximum absolute atomic E-state index is 9.98. The quantitative estimate of drug-likeness (QED) is 0.811. The molecule has 2 aliphatic rings. The summed E-state index contributed by atoms with van der Waals surface area (Å²) in [4.78, 5) is 2.77. The van der Waals surface area contributed by atoms with Gasteiger partial charge in [-0.25, -0.2) is 0 Å². The van der Waals surface area contributed by atoms with E-state index in [0.29, 0.717) is 16.8 Å². The highest BCUT2D eigenvalue weighted by molar-refractivity contribution is 9.10. The molecule has 5 heteroatoms. The van der Waals surface area contributed by atoms with Crippen molar-refractivity contribution in [2.75, 3.05) is 18.0 Å². The molecule has 1 saturated carbocycles. The molecule has 1 heterocycles. The van der Waals surface area contributed by atoms with E-state index in [1.807, 2.05) is 12.1 Å². The lowest BCUT2D eigenvalue weighted by Gasteiger charge is -2.22. The predicted molar refractivity (Wildman–Crippen MR) is 84.5 cm³/mol. The summed E-state index contributed by atoms with van der Waals surface area (Å²) in [6, 6.07) is 6.00. The van der Waals surface area contributed by atoms with Crippen molar-refractivity contribution in [3.05, 3.63) is 28.2 Å². The molecule has 1 saturated heterocycles. The molecule has 1 aliphatic carbocycles. The third-order valence-corrected chi connectivity index (χ3v) is 5.26. The lowest BCUT2D eigenvalue weighted by Crippen LogP contribution is -2.24. The maximum atomic E-state index is 9.98. The number of aliphatic hydroxyl groups excluding tert-OH is 1. The Kier molecular flexibility index (Phi) is 3.53. The highest BCUT2D eigenvalue weighted by Crippen LogP contribution is 2.41. The molecule has 1 aromatic carbocycles. The number of anilines is 1. The molecular formula is C14H17BrN2OS. The molecule has 3 nitrogen and oxygen atoms in total. The van der Waals surface area contributed by atoms with E-state index in [0.717, 1.165) is 36.0 Å². The molecule has 0 spiro atoms. The number of halogens is 1. The first-order valence-corrected chi connectivity index (χ1v) is 7.78. The second-order valence-electron chi connectivity index (χ2n) is 5.50. The van der Waals surface area contributed by atoms with Crippen LogP contribution in [0.1, 0.15) is 18.4 Å².